The van der Waals surface area contributed by atoms with E-state index in [2.05, 4.69) is 37.2 Å². The van der Waals surface area contributed by atoms with Crippen molar-refractivity contribution < 1.29 is 14.4 Å². The van der Waals surface area contributed by atoms with Crippen molar-refractivity contribution in [2.75, 3.05) is 10.2 Å². The van der Waals surface area contributed by atoms with Crippen molar-refractivity contribution in [1.29, 1.82) is 0 Å². The summed E-state index contributed by atoms with van der Waals surface area (Å²) in [5.41, 5.74) is 3.87. The second kappa shape index (κ2) is 8.27. The maximum Gasteiger partial charge on any atom is 0.255 e. The van der Waals surface area contributed by atoms with E-state index >= 15 is 0 Å². The fourth-order valence-electron chi connectivity index (χ4n) is 4.36. The summed E-state index contributed by atoms with van der Waals surface area (Å²) in [5, 5.41) is 2.90. The van der Waals surface area contributed by atoms with Crippen molar-refractivity contribution in [2.45, 2.75) is 36.3 Å². The third kappa shape index (κ3) is 3.97. The SMILES string of the molecule is Cc1cc(C)cc(NC(=O)c2ccc(N3C(=O)[C@H]4C[C@H](Br)[C@@H](Br)C[C@H]4C3=O)cc2)c1. The quantitative estimate of drug-likeness (QED) is 0.447. The first-order chi connectivity index (χ1) is 14.2. The molecule has 1 N–H and O–H groups in total. The molecule has 4 atom stereocenters. The zero-order valence-corrected chi connectivity index (χ0v) is 19.9. The second-order valence-corrected chi connectivity index (χ2v) is 10.5. The van der Waals surface area contributed by atoms with Crippen LogP contribution in [0.1, 0.15) is 34.3 Å². The fourth-order valence-corrected chi connectivity index (χ4v) is 5.60. The normalized spacial score (nSPS) is 25.9. The molecule has 5 nitrogen and oxygen atoms in total. The number of hydrogen-bond acceptors (Lipinski definition) is 3. The average Bonchev–Trinajstić information content (AvgIpc) is 2.91. The maximum atomic E-state index is 12.9. The Hall–Kier alpha value is -1.99. The molecule has 0 unspecified atom stereocenters. The van der Waals surface area contributed by atoms with Gasteiger partial charge in [0.1, 0.15) is 0 Å². The number of halogens is 2. The zero-order chi connectivity index (χ0) is 21.6. The van der Waals surface area contributed by atoms with Gasteiger partial charge >= 0.3 is 0 Å². The number of imide groups is 1. The Labute approximate surface area is 192 Å². The minimum Gasteiger partial charge on any atom is -0.322 e. The topological polar surface area (TPSA) is 66.5 Å². The van der Waals surface area contributed by atoms with Crippen LogP contribution in [0.25, 0.3) is 0 Å². The predicted molar refractivity (Wildman–Crippen MR) is 124 cm³/mol. The molecule has 0 spiro atoms. The van der Waals surface area contributed by atoms with Crippen molar-refractivity contribution in [2.24, 2.45) is 11.8 Å². The Morgan fingerprint density at radius 2 is 1.40 bits per heavy atom. The van der Waals surface area contributed by atoms with E-state index in [1.54, 1.807) is 24.3 Å². The third-order valence-corrected chi connectivity index (χ3v) is 8.51. The standard InChI is InChI=1S/C23H22Br2N2O3/c1-12-7-13(2)9-15(8-12)26-21(28)14-3-5-16(6-4-14)27-22(29)17-10-19(24)20(25)11-18(17)23(27)30/h3-9,17-20H,10-11H2,1-2H3,(H,26,28)/t17-,18+,19-,20-/m0/s1. The number of amides is 3. The monoisotopic (exact) mass is 532 g/mol. The fraction of sp³-hybridized carbons (Fsp3) is 0.348. The molecule has 2 aromatic rings. The minimum atomic E-state index is -0.289. The summed E-state index contributed by atoms with van der Waals surface area (Å²) >= 11 is 7.20. The Morgan fingerprint density at radius 3 is 1.90 bits per heavy atom. The number of rotatable bonds is 3. The molecule has 3 amide bonds. The van der Waals surface area contributed by atoms with Crippen LogP contribution in [-0.2, 0) is 9.59 Å². The maximum absolute atomic E-state index is 12.9. The van der Waals surface area contributed by atoms with Crippen LogP contribution in [0.2, 0.25) is 0 Å². The molecule has 0 bridgehead atoms. The molecular weight excluding hydrogens is 512 g/mol. The molecule has 156 valence electrons. The number of nitrogens with one attached hydrogen (secondary N) is 1. The lowest BCUT2D eigenvalue weighted by atomic mass is 9.81. The van der Waals surface area contributed by atoms with Crippen LogP contribution in [0.15, 0.2) is 42.5 Å². The number of carbonyl (C=O) groups excluding carboxylic acids is 3. The van der Waals surface area contributed by atoms with Gasteiger partial charge in [0, 0.05) is 20.9 Å². The van der Waals surface area contributed by atoms with Gasteiger partial charge < -0.3 is 5.32 Å². The molecule has 2 aromatic carbocycles. The van der Waals surface area contributed by atoms with Gasteiger partial charge in [0.2, 0.25) is 11.8 Å². The van der Waals surface area contributed by atoms with E-state index in [9.17, 15) is 14.4 Å². The van der Waals surface area contributed by atoms with E-state index in [0.717, 1.165) is 16.8 Å². The van der Waals surface area contributed by atoms with Gasteiger partial charge in [0.15, 0.2) is 0 Å². The summed E-state index contributed by atoms with van der Waals surface area (Å²) in [4.78, 5) is 40.1. The zero-order valence-electron chi connectivity index (χ0n) is 16.7. The van der Waals surface area contributed by atoms with Crippen LogP contribution in [-0.4, -0.2) is 27.4 Å². The van der Waals surface area contributed by atoms with Crippen LogP contribution >= 0.6 is 31.9 Å². The highest BCUT2D eigenvalue weighted by atomic mass is 79.9. The molecule has 1 aliphatic heterocycles. The molecule has 2 fully saturated rings. The van der Waals surface area contributed by atoms with Crippen molar-refractivity contribution in [3.8, 4) is 0 Å². The van der Waals surface area contributed by atoms with Gasteiger partial charge in [0.25, 0.3) is 5.91 Å². The molecule has 2 aliphatic rings. The van der Waals surface area contributed by atoms with Crippen LogP contribution in [0.3, 0.4) is 0 Å². The Bertz CT molecular complexity index is 973. The van der Waals surface area contributed by atoms with Crippen molar-refractivity contribution in [3.05, 3.63) is 59.2 Å². The van der Waals surface area contributed by atoms with Crippen LogP contribution in [0, 0.1) is 25.7 Å². The van der Waals surface area contributed by atoms with Crippen LogP contribution in [0.5, 0.6) is 0 Å². The van der Waals surface area contributed by atoms with E-state index in [1.165, 1.54) is 4.90 Å². The number of benzene rings is 2. The smallest absolute Gasteiger partial charge is 0.255 e. The van der Waals surface area contributed by atoms with E-state index in [1.807, 2.05) is 32.0 Å². The molecule has 4 rings (SSSR count). The first-order valence-electron chi connectivity index (χ1n) is 9.90. The number of alkyl halides is 2. The van der Waals surface area contributed by atoms with Gasteiger partial charge in [-0.2, -0.15) is 0 Å². The molecule has 1 saturated heterocycles. The van der Waals surface area contributed by atoms with Crippen LogP contribution < -0.4 is 10.2 Å². The first-order valence-corrected chi connectivity index (χ1v) is 11.7. The molecular formula is C23H22Br2N2O3. The number of nitrogens with zero attached hydrogens (tertiary/aromatic N) is 1. The number of carbonyl (C=O) groups is 3. The van der Waals surface area contributed by atoms with E-state index in [4.69, 9.17) is 0 Å². The third-order valence-electron chi connectivity index (χ3n) is 5.78. The first kappa shape index (κ1) is 21.2. The number of aryl methyl sites for hydroxylation is 2. The largest absolute Gasteiger partial charge is 0.322 e. The highest BCUT2D eigenvalue weighted by Gasteiger charge is 2.52. The van der Waals surface area contributed by atoms with E-state index in [0.29, 0.717) is 24.1 Å². The van der Waals surface area contributed by atoms with Gasteiger partial charge in [-0.25, -0.2) is 0 Å². The molecule has 0 aromatic heterocycles. The second-order valence-electron chi connectivity index (χ2n) is 8.11. The molecule has 1 aliphatic carbocycles. The van der Waals surface area contributed by atoms with Gasteiger partial charge in [0.05, 0.1) is 17.5 Å². The van der Waals surface area contributed by atoms with Crippen molar-refractivity contribution in [1.82, 2.24) is 0 Å². The molecule has 30 heavy (non-hydrogen) atoms. The summed E-state index contributed by atoms with van der Waals surface area (Å²) in [6.07, 6.45) is 1.27. The van der Waals surface area contributed by atoms with Gasteiger partial charge in [-0.05, 0) is 74.2 Å². The van der Waals surface area contributed by atoms with E-state index < -0.39 is 0 Å². The Morgan fingerprint density at radius 1 is 0.900 bits per heavy atom. The summed E-state index contributed by atoms with van der Waals surface area (Å²) in [6.45, 7) is 3.96. The summed E-state index contributed by atoms with van der Waals surface area (Å²) in [5.74, 6) is -1.11. The summed E-state index contributed by atoms with van der Waals surface area (Å²) in [7, 11) is 0. The predicted octanol–water partition coefficient (Wildman–Crippen LogP) is 4.98. The lowest BCUT2D eigenvalue weighted by molar-refractivity contribution is -0.122. The Balaban J connectivity index is 1.51. The molecule has 1 saturated carbocycles. The molecule has 0 radical (unpaired) electrons. The number of fused-ring (bicyclic) bond motifs is 1. The average molecular weight is 534 g/mol. The Kier molecular flexibility index (Phi) is 5.86. The van der Waals surface area contributed by atoms with E-state index in [-0.39, 0.29) is 39.2 Å². The summed E-state index contributed by atoms with van der Waals surface area (Å²) in [6, 6.07) is 12.5. The lowest BCUT2D eigenvalue weighted by Gasteiger charge is -2.29. The lowest BCUT2D eigenvalue weighted by Crippen LogP contribution is -2.34. The molecule has 7 heteroatoms. The van der Waals surface area contributed by atoms with Gasteiger partial charge in [-0.1, -0.05) is 37.9 Å². The van der Waals surface area contributed by atoms with Gasteiger partial charge in [-0.3, -0.25) is 19.3 Å². The number of hydrogen-bond donors (Lipinski definition) is 1. The minimum absolute atomic E-state index is 0.152. The molecule has 1 heterocycles. The van der Waals surface area contributed by atoms with Crippen molar-refractivity contribution >= 4 is 61.0 Å². The van der Waals surface area contributed by atoms with Crippen LogP contribution in [0.4, 0.5) is 11.4 Å². The highest BCUT2D eigenvalue weighted by Crippen LogP contribution is 2.44. The summed E-state index contributed by atoms with van der Waals surface area (Å²) < 4.78 is 0. The van der Waals surface area contributed by atoms with Gasteiger partial charge in [-0.15, -0.1) is 0 Å². The number of anilines is 2. The highest BCUT2D eigenvalue weighted by molar-refractivity contribution is 9.12. The van der Waals surface area contributed by atoms with Crippen molar-refractivity contribution in [3.63, 3.8) is 0 Å².